The number of nitro groups is 1. The van der Waals surface area contributed by atoms with Gasteiger partial charge in [0.1, 0.15) is 6.07 Å². The minimum absolute atomic E-state index is 0.125. The zero-order valence-corrected chi connectivity index (χ0v) is 13.9. The molecule has 0 unspecified atom stereocenters. The van der Waals surface area contributed by atoms with E-state index in [1.807, 2.05) is 0 Å². The molecule has 11 heteroatoms. The van der Waals surface area contributed by atoms with E-state index in [9.17, 15) is 29.8 Å². The first-order valence-electron chi connectivity index (χ1n) is 6.75. The van der Waals surface area contributed by atoms with Crippen molar-refractivity contribution in [3.05, 3.63) is 39.4 Å². The molecule has 0 aliphatic carbocycles. The van der Waals surface area contributed by atoms with Crippen molar-refractivity contribution in [1.29, 1.82) is 5.26 Å². The summed E-state index contributed by atoms with van der Waals surface area (Å²) in [7, 11) is 3.04. The number of nitro benzene ring substituents is 1. The molecule has 1 aromatic rings. The maximum atomic E-state index is 12.2. The number of amides is 1. The van der Waals surface area contributed by atoms with Gasteiger partial charge in [-0.05, 0) is 6.07 Å². The quantitative estimate of drug-likeness (QED) is 0.204. The fourth-order valence-electron chi connectivity index (χ4n) is 1.88. The number of hydrogen-bond donors (Lipinski definition) is 1. The summed E-state index contributed by atoms with van der Waals surface area (Å²) in [6.45, 7) is 0. The Kier molecular flexibility index (Phi) is 6.79. The minimum Gasteiger partial charge on any atom is -0.465 e. The van der Waals surface area contributed by atoms with E-state index in [-0.39, 0.29) is 11.3 Å². The van der Waals surface area contributed by atoms with Gasteiger partial charge in [0, 0.05) is 17.7 Å². The maximum absolute atomic E-state index is 12.2. The second-order valence-electron chi connectivity index (χ2n) is 4.45. The van der Waals surface area contributed by atoms with Crippen molar-refractivity contribution in [3.8, 4) is 6.07 Å². The minimum atomic E-state index is -1.16. The Hall–Kier alpha value is -3.94. The summed E-state index contributed by atoms with van der Waals surface area (Å²) in [4.78, 5) is 45.8. The molecule has 0 radical (unpaired) electrons. The lowest BCUT2D eigenvalue weighted by atomic mass is 9.98. The third-order valence-corrected chi connectivity index (χ3v) is 3.05. The molecule has 26 heavy (non-hydrogen) atoms. The first-order chi connectivity index (χ1) is 12.3. The van der Waals surface area contributed by atoms with Crippen LogP contribution in [0.3, 0.4) is 0 Å². The standard InChI is InChI=1S/C15H13N3O8/c1-24-13(19)10(7-16)12(14(20)25-2)9-6-8(18(22)23)4-5-11(9)17-15(21)26-3/h4-6H,1-3H3,(H,17,21)/b12-10-. The van der Waals surface area contributed by atoms with E-state index in [0.29, 0.717) is 0 Å². The normalized spacial score (nSPS) is 10.7. The van der Waals surface area contributed by atoms with Crippen LogP contribution in [-0.2, 0) is 23.8 Å². The van der Waals surface area contributed by atoms with E-state index >= 15 is 0 Å². The lowest BCUT2D eigenvalue weighted by Crippen LogP contribution is -2.17. The monoisotopic (exact) mass is 363 g/mol. The Morgan fingerprint density at radius 1 is 1.12 bits per heavy atom. The molecule has 136 valence electrons. The van der Waals surface area contributed by atoms with Crippen LogP contribution in [0.15, 0.2) is 23.8 Å². The molecule has 11 nitrogen and oxygen atoms in total. The predicted molar refractivity (Wildman–Crippen MR) is 85.7 cm³/mol. The molecule has 0 aliphatic rings. The van der Waals surface area contributed by atoms with Crippen LogP contribution < -0.4 is 5.32 Å². The van der Waals surface area contributed by atoms with E-state index in [0.717, 1.165) is 39.5 Å². The topological polar surface area (TPSA) is 158 Å². The number of anilines is 1. The van der Waals surface area contributed by atoms with E-state index in [1.54, 1.807) is 0 Å². The summed E-state index contributed by atoms with van der Waals surface area (Å²) in [5, 5.41) is 22.5. The number of non-ortho nitro benzene ring substituents is 1. The van der Waals surface area contributed by atoms with Gasteiger partial charge < -0.3 is 14.2 Å². The molecule has 0 spiro atoms. The number of carbonyl (C=O) groups is 3. The molecular formula is C15H13N3O8. The van der Waals surface area contributed by atoms with Gasteiger partial charge in [-0.1, -0.05) is 0 Å². The summed E-state index contributed by atoms with van der Waals surface area (Å²) >= 11 is 0. The number of esters is 2. The number of carbonyl (C=O) groups excluding carboxylic acids is 3. The zero-order chi connectivity index (χ0) is 19.9. The first kappa shape index (κ1) is 20.1. The zero-order valence-electron chi connectivity index (χ0n) is 13.9. The van der Waals surface area contributed by atoms with Crippen molar-refractivity contribution in [2.45, 2.75) is 0 Å². The van der Waals surface area contributed by atoms with Crippen molar-refractivity contribution < 1.29 is 33.5 Å². The Labute approximate surface area is 146 Å². The Morgan fingerprint density at radius 3 is 2.19 bits per heavy atom. The van der Waals surface area contributed by atoms with E-state index < -0.39 is 39.8 Å². The molecule has 0 atom stereocenters. The van der Waals surface area contributed by atoms with Gasteiger partial charge in [-0.3, -0.25) is 15.4 Å². The maximum Gasteiger partial charge on any atom is 0.411 e. The summed E-state index contributed by atoms with van der Waals surface area (Å²) in [6, 6.07) is 4.56. The molecule has 1 N–H and O–H groups in total. The lowest BCUT2D eigenvalue weighted by molar-refractivity contribution is -0.384. The highest BCUT2D eigenvalue weighted by Gasteiger charge is 2.28. The highest BCUT2D eigenvalue weighted by Crippen LogP contribution is 2.31. The van der Waals surface area contributed by atoms with Crippen molar-refractivity contribution in [2.75, 3.05) is 26.6 Å². The van der Waals surface area contributed by atoms with Crippen LogP contribution in [0, 0.1) is 21.4 Å². The largest absolute Gasteiger partial charge is 0.465 e. The molecule has 0 saturated heterocycles. The highest BCUT2D eigenvalue weighted by atomic mass is 16.6. The Bertz CT molecular complexity index is 838. The molecule has 1 amide bonds. The lowest BCUT2D eigenvalue weighted by Gasteiger charge is -2.13. The van der Waals surface area contributed by atoms with Gasteiger partial charge in [-0.15, -0.1) is 0 Å². The van der Waals surface area contributed by atoms with Gasteiger partial charge >= 0.3 is 18.0 Å². The molecular weight excluding hydrogens is 350 g/mol. The molecule has 0 heterocycles. The van der Waals surface area contributed by atoms with Gasteiger partial charge in [-0.2, -0.15) is 5.26 Å². The Balaban J connectivity index is 3.85. The SMILES string of the molecule is COC(=O)Nc1ccc([N+](=O)[O-])cc1/C(C(=O)OC)=C(\C#N)C(=O)OC. The van der Waals surface area contributed by atoms with Crippen LogP contribution in [0.5, 0.6) is 0 Å². The third-order valence-electron chi connectivity index (χ3n) is 3.05. The van der Waals surface area contributed by atoms with E-state index in [4.69, 9.17) is 0 Å². The van der Waals surface area contributed by atoms with Crippen molar-refractivity contribution >= 4 is 35.0 Å². The average Bonchev–Trinajstić information content (AvgIpc) is 2.64. The van der Waals surface area contributed by atoms with Crippen LogP contribution in [0.2, 0.25) is 0 Å². The molecule has 1 aromatic carbocycles. The third kappa shape index (κ3) is 4.32. The number of ether oxygens (including phenoxy) is 3. The van der Waals surface area contributed by atoms with Gasteiger partial charge in [-0.25, -0.2) is 14.4 Å². The fourth-order valence-corrected chi connectivity index (χ4v) is 1.88. The summed E-state index contributed by atoms with van der Waals surface area (Å²) in [5.41, 5.74) is -2.25. The highest BCUT2D eigenvalue weighted by molar-refractivity contribution is 6.25. The summed E-state index contributed by atoms with van der Waals surface area (Å²) in [5.74, 6) is -2.30. The van der Waals surface area contributed by atoms with Crippen LogP contribution in [0.1, 0.15) is 5.56 Å². The molecule has 0 bridgehead atoms. The second kappa shape index (κ2) is 8.78. The van der Waals surface area contributed by atoms with Crippen molar-refractivity contribution in [3.63, 3.8) is 0 Å². The molecule has 1 rings (SSSR count). The summed E-state index contributed by atoms with van der Waals surface area (Å²) < 4.78 is 13.4. The van der Waals surface area contributed by atoms with Gasteiger partial charge in [0.15, 0.2) is 5.57 Å². The van der Waals surface area contributed by atoms with E-state index in [1.165, 1.54) is 6.07 Å². The number of nitrogens with zero attached hydrogens (tertiary/aromatic N) is 2. The Morgan fingerprint density at radius 2 is 1.73 bits per heavy atom. The van der Waals surface area contributed by atoms with Gasteiger partial charge in [0.25, 0.3) is 5.69 Å². The number of methoxy groups -OCH3 is 3. The number of nitriles is 1. The smallest absolute Gasteiger partial charge is 0.411 e. The van der Waals surface area contributed by atoms with E-state index in [2.05, 4.69) is 19.5 Å². The number of nitrogens with one attached hydrogen (secondary N) is 1. The average molecular weight is 363 g/mol. The number of rotatable bonds is 5. The van der Waals surface area contributed by atoms with Gasteiger partial charge in [0.05, 0.1) is 37.5 Å². The first-order valence-corrected chi connectivity index (χ1v) is 6.75. The molecule has 0 aromatic heterocycles. The number of hydrogen-bond acceptors (Lipinski definition) is 9. The van der Waals surface area contributed by atoms with Crippen LogP contribution >= 0.6 is 0 Å². The van der Waals surface area contributed by atoms with Crippen molar-refractivity contribution in [2.24, 2.45) is 0 Å². The number of benzene rings is 1. The fraction of sp³-hybridized carbons (Fsp3) is 0.200. The van der Waals surface area contributed by atoms with Crippen LogP contribution in [0.4, 0.5) is 16.2 Å². The molecule has 0 aliphatic heterocycles. The predicted octanol–water partition coefficient (Wildman–Crippen LogP) is 1.40. The second-order valence-corrected chi connectivity index (χ2v) is 4.45. The molecule has 0 fully saturated rings. The van der Waals surface area contributed by atoms with Gasteiger partial charge in [0.2, 0.25) is 0 Å². The summed E-state index contributed by atoms with van der Waals surface area (Å²) in [6.07, 6.45) is -0.944. The van der Waals surface area contributed by atoms with Crippen molar-refractivity contribution in [1.82, 2.24) is 0 Å². The van der Waals surface area contributed by atoms with Crippen LogP contribution in [-0.4, -0.2) is 44.3 Å². The molecule has 0 saturated carbocycles. The van der Waals surface area contributed by atoms with Crippen LogP contribution in [0.25, 0.3) is 5.57 Å².